The minimum absolute atomic E-state index is 0.0275. The summed E-state index contributed by atoms with van der Waals surface area (Å²) in [5.41, 5.74) is 0.625. The van der Waals surface area contributed by atoms with Crippen molar-refractivity contribution < 1.29 is 19.1 Å². The summed E-state index contributed by atoms with van der Waals surface area (Å²) in [4.78, 5) is 23.1. The average Bonchev–Trinajstić information content (AvgIpc) is 2.45. The van der Waals surface area contributed by atoms with E-state index < -0.39 is 0 Å². The van der Waals surface area contributed by atoms with E-state index in [2.05, 4.69) is 6.58 Å². The molecular weight excluding hydrogens is 256 g/mol. The summed E-state index contributed by atoms with van der Waals surface area (Å²) in [6.07, 6.45) is 2.77. The molecule has 0 heterocycles. The number of carbonyl (C=O) groups excluding carboxylic acids is 2. The van der Waals surface area contributed by atoms with Crippen molar-refractivity contribution in [2.75, 3.05) is 13.7 Å². The van der Waals surface area contributed by atoms with E-state index in [0.29, 0.717) is 24.2 Å². The molecule has 1 aromatic carbocycles. The summed E-state index contributed by atoms with van der Waals surface area (Å²) in [7, 11) is 1.58. The average molecular weight is 276 g/mol. The van der Waals surface area contributed by atoms with E-state index in [1.807, 2.05) is 0 Å². The van der Waals surface area contributed by atoms with Gasteiger partial charge >= 0.3 is 5.97 Å². The molecule has 0 radical (unpaired) electrons. The molecule has 0 aliphatic rings. The zero-order valence-electron chi connectivity index (χ0n) is 11.9. The zero-order valence-corrected chi connectivity index (χ0v) is 11.9. The van der Waals surface area contributed by atoms with Crippen LogP contribution in [0.3, 0.4) is 0 Å². The number of rotatable bonds is 8. The number of benzene rings is 1. The highest BCUT2D eigenvalue weighted by Gasteiger charge is 2.19. The number of allylic oxidation sites excluding steroid dienone is 1. The van der Waals surface area contributed by atoms with E-state index in [-0.39, 0.29) is 24.3 Å². The molecule has 1 rings (SSSR count). The Morgan fingerprint density at radius 3 is 2.45 bits per heavy atom. The van der Waals surface area contributed by atoms with Crippen LogP contribution >= 0.6 is 0 Å². The molecule has 1 atom stereocenters. The van der Waals surface area contributed by atoms with Crippen molar-refractivity contribution in [2.24, 2.45) is 5.92 Å². The van der Waals surface area contributed by atoms with E-state index in [1.165, 1.54) is 6.92 Å². The standard InChI is InChI=1S/C16H20O4/c1-4-5-13(10-11-20-12(2)17)16(18)14-6-8-15(19-3)9-7-14/h4,6-9,13H,1,5,10-11H2,2-3H3. The highest BCUT2D eigenvalue weighted by atomic mass is 16.5. The molecule has 0 N–H and O–H groups in total. The largest absolute Gasteiger partial charge is 0.497 e. The lowest BCUT2D eigenvalue weighted by molar-refractivity contribution is -0.141. The minimum atomic E-state index is -0.334. The Bertz CT molecular complexity index is 462. The molecule has 0 saturated carbocycles. The first-order chi connectivity index (χ1) is 9.58. The van der Waals surface area contributed by atoms with E-state index >= 15 is 0 Å². The van der Waals surface area contributed by atoms with Gasteiger partial charge < -0.3 is 9.47 Å². The van der Waals surface area contributed by atoms with Crippen LogP contribution in [0.2, 0.25) is 0 Å². The summed E-state index contributed by atoms with van der Waals surface area (Å²) in [5.74, 6) is 0.181. The SMILES string of the molecule is C=CCC(CCOC(C)=O)C(=O)c1ccc(OC)cc1. The molecule has 0 amide bonds. The quantitative estimate of drug-likeness (QED) is 0.416. The predicted molar refractivity (Wildman–Crippen MR) is 76.9 cm³/mol. The Hall–Kier alpha value is -2.10. The van der Waals surface area contributed by atoms with Gasteiger partial charge in [-0.05, 0) is 37.1 Å². The smallest absolute Gasteiger partial charge is 0.302 e. The Morgan fingerprint density at radius 1 is 1.30 bits per heavy atom. The van der Waals surface area contributed by atoms with Crippen molar-refractivity contribution in [1.29, 1.82) is 0 Å². The third-order valence-corrected chi connectivity index (χ3v) is 2.97. The van der Waals surface area contributed by atoms with Crippen molar-refractivity contribution in [1.82, 2.24) is 0 Å². The summed E-state index contributed by atoms with van der Waals surface area (Å²) in [6, 6.07) is 6.99. The second kappa shape index (κ2) is 8.15. The Kier molecular flexibility index (Phi) is 6.50. The van der Waals surface area contributed by atoms with Crippen molar-refractivity contribution >= 4 is 11.8 Å². The van der Waals surface area contributed by atoms with Gasteiger partial charge in [0.25, 0.3) is 0 Å². The number of carbonyl (C=O) groups is 2. The Labute approximate surface area is 119 Å². The first kappa shape index (κ1) is 16.0. The van der Waals surface area contributed by atoms with Gasteiger partial charge in [0.15, 0.2) is 5.78 Å². The molecule has 4 nitrogen and oxygen atoms in total. The fraction of sp³-hybridized carbons (Fsp3) is 0.375. The van der Waals surface area contributed by atoms with Crippen molar-refractivity contribution in [3.63, 3.8) is 0 Å². The van der Waals surface area contributed by atoms with Gasteiger partial charge in [0.1, 0.15) is 5.75 Å². The second-order valence-corrected chi connectivity index (χ2v) is 4.44. The fourth-order valence-electron chi connectivity index (χ4n) is 1.89. The van der Waals surface area contributed by atoms with Crippen molar-refractivity contribution in [3.05, 3.63) is 42.5 Å². The summed E-state index contributed by atoms with van der Waals surface area (Å²) in [6.45, 7) is 5.27. The normalized spacial score (nSPS) is 11.5. The maximum atomic E-state index is 12.4. The molecule has 0 bridgehead atoms. The predicted octanol–water partition coefficient (Wildman–Crippen LogP) is 3.02. The van der Waals surface area contributed by atoms with E-state index in [1.54, 1.807) is 37.5 Å². The van der Waals surface area contributed by atoms with Crippen LogP contribution < -0.4 is 4.74 Å². The van der Waals surface area contributed by atoms with E-state index in [9.17, 15) is 9.59 Å². The van der Waals surface area contributed by atoms with Crippen LogP contribution in [0.4, 0.5) is 0 Å². The lowest BCUT2D eigenvalue weighted by Gasteiger charge is -2.14. The molecule has 108 valence electrons. The summed E-state index contributed by atoms with van der Waals surface area (Å²) in [5, 5.41) is 0. The molecule has 0 aliphatic carbocycles. The van der Waals surface area contributed by atoms with Crippen LogP contribution in [0, 0.1) is 5.92 Å². The fourth-order valence-corrected chi connectivity index (χ4v) is 1.89. The molecule has 0 aromatic heterocycles. The molecule has 0 aliphatic heterocycles. The van der Waals surface area contributed by atoms with Crippen LogP contribution in [-0.2, 0) is 9.53 Å². The number of hydrogen-bond acceptors (Lipinski definition) is 4. The van der Waals surface area contributed by atoms with Crippen molar-refractivity contribution in [3.8, 4) is 5.75 Å². The Morgan fingerprint density at radius 2 is 1.95 bits per heavy atom. The van der Waals surface area contributed by atoms with E-state index in [0.717, 1.165) is 0 Å². The first-order valence-electron chi connectivity index (χ1n) is 6.51. The monoisotopic (exact) mass is 276 g/mol. The van der Waals surface area contributed by atoms with Gasteiger partial charge in [-0.1, -0.05) is 6.08 Å². The molecule has 1 aromatic rings. The van der Waals surface area contributed by atoms with Crippen LogP contribution in [0.1, 0.15) is 30.1 Å². The molecule has 1 unspecified atom stereocenters. The zero-order chi connectivity index (χ0) is 15.0. The van der Waals surface area contributed by atoms with Gasteiger partial charge in [-0.3, -0.25) is 9.59 Å². The van der Waals surface area contributed by atoms with Gasteiger partial charge in [0.2, 0.25) is 0 Å². The molecular formula is C16H20O4. The Balaban J connectivity index is 2.70. The molecule has 0 saturated heterocycles. The number of methoxy groups -OCH3 is 1. The van der Waals surface area contributed by atoms with Crippen LogP contribution in [0.25, 0.3) is 0 Å². The highest BCUT2D eigenvalue weighted by molar-refractivity contribution is 5.98. The third kappa shape index (κ3) is 4.88. The molecule has 4 heteroatoms. The van der Waals surface area contributed by atoms with Gasteiger partial charge in [-0.25, -0.2) is 0 Å². The minimum Gasteiger partial charge on any atom is -0.497 e. The molecule has 0 fully saturated rings. The summed E-state index contributed by atoms with van der Waals surface area (Å²) >= 11 is 0. The first-order valence-corrected chi connectivity index (χ1v) is 6.51. The van der Waals surface area contributed by atoms with Gasteiger partial charge in [-0.15, -0.1) is 6.58 Å². The second-order valence-electron chi connectivity index (χ2n) is 4.44. The van der Waals surface area contributed by atoms with E-state index in [4.69, 9.17) is 9.47 Å². The number of ether oxygens (including phenoxy) is 2. The maximum absolute atomic E-state index is 12.4. The lowest BCUT2D eigenvalue weighted by atomic mass is 9.92. The van der Waals surface area contributed by atoms with Gasteiger partial charge in [0, 0.05) is 18.4 Å². The number of Topliss-reactive ketones (excluding diaryl/α,β-unsaturated/α-hetero) is 1. The van der Waals surface area contributed by atoms with Crippen LogP contribution in [-0.4, -0.2) is 25.5 Å². The van der Waals surface area contributed by atoms with Gasteiger partial charge in [0.05, 0.1) is 13.7 Å². The lowest BCUT2D eigenvalue weighted by Crippen LogP contribution is -2.17. The third-order valence-electron chi connectivity index (χ3n) is 2.97. The molecule has 0 spiro atoms. The maximum Gasteiger partial charge on any atom is 0.302 e. The number of ketones is 1. The van der Waals surface area contributed by atoms with Gasteiger partial charge in [-0.2, -0.15) is 0 Å². The van der Waals surface area contributed by atoms with Crippen LogP contribution in [0.5, 0.6) is 5.75 Å². The van der Waals surface area contributed by atoms with Crippen molar-refractivity contribution in [2.45, 2.75) is 19.8 Å². The summed E-state index contributed by atoms with van der Waals surface area (Å²) < 4.78 is 9.96. The number of esters is 1. The molecule has 20 heavy (non-hydrogen) atoms. The highest BCUT2D eigenvalue weighted by Crippen LogP contribution is 2.19. The topological polar surface area (TPSA) is 52.6 Å². The van der Waals surface area contributed by atoms with Crippen LogP contribution in [0.15, 0.2) is 36.9 Å². The number of hydrogen-bond donors (Lipinski definition) is 0.